The Hall–Kier alpha value is -2.78. The highest BCUT2D eigenvalue weighted by molar-refractivity contribution is 7.98. The lowest BCUT2D eigenvalue weighted by atomic mass is 10.2. The molecule has 0 radical (unpaired) electrons. The molecular formula is C19H18N2O3S. The highest BCUT2D eigenvalue weighted by Gasteiger charge is 2.19. The molecule has 2 aromatic carbocycles. The molecule has 128 valence electrons. The van der Waals surface area contributed by atoms with Gasteiger partial charge in [-0.1, -0.05) is 30.3 Å². The topological polar surface area (TPSA) is 70.4 Å². The number of para-hydroxylation sites is 1. The summed E-state index contributed by atoms with van der Waals surface area (Å²) >= 11 is 1.44. The molecule has 0 saturated heterocycles. The molecule has 0 atom stereocenters. The first kappa shape index (κ1) is 18.6. The summed E-state index contributed by atoms with van der Waals surface area (Å²) in [5, 5.41) is 8.79. The molecule has 0 aliphatic heterocycles. The van der Waals surface area contributed by atoms with Gasteiger partial charge in [0.1, 0.15) is 0 Å². The number of carbonyl (C=O) groups is 2. The van der Waals surface area contributed by atoms with E-state index in [1.807, 2.05) is 42.7 Å². The van der Waals surface area contributed by atoms with Crippen LogP contribution >= 0.6 is 11.8 Å². The number of benzene rings is 2. The van der Waals surface area contributed by atoms with Crippen LogP contribution in [0.3, 0.4) is 0 Å². The van der Waals surface area contributed by atoms with Crippen molar-refractivity contribution in [3.8, 4) is 6.07 Å². The zero-order valence-corrected chi connectivity index (χ0v) is 14.7. The van der Waals surface area contributed by atoms with E-state index in [0.29, 0.717) is 11.3 Å². The molecule has 0 aliphatic rings. The quantitative estimate of drug-likeness (QED) is 0.562. The second kappa shape index (κ2) is 9.50. The Bertz CT molecular complexity index is 772. The van der Waals surface area contributed by atoms with E-state index >= 15 is 0 Å². The van der Waals surface area contributed by atoms with Crippen molar-refractivity contribution in [1.82, 2.24) is 0 Å². The number of esters is 1. The summed E-state index contributed by atoms with van der Waals surface area (Å²) in [6, 6.07) is 18.1. The van der Waals surface area contributed by atoms with E-state index in [1.54, 1.807) is 24.3 Å². The van der Waals surface area contributed by atoms with Crippen molar-refractivity contribution in [2.75, 3.05) is 24.3 Å². The minimum absolute atomic E-state index is 0.198. The monoisotopic (exact) mass is 354 g/mol. The van der Waals surface area contributed by atoms with Crippen LogP contribution in [0.25, 0.3) is 0 Å². The molecule has 0 aromatic heterocycles. The van der Waals surface area contributed by atoms with Gasteiger partial charge in [0, 0.05) is 17.1 Å². The van der Waals surface area contributed by atoms with Crippen molar-refractivity contribution in [2.24, 2.45) is 0 Å². The zero-order chi connectivity index (χ0) is 18.1. The lowest BCUT2D eigenvalue weighted by Gasteiger charge is -2.21. The number of hydrogen-bond acceptors (Lipinski definition) is 5. The van der Waals surface area contributed by atoms with Gasteiger partial charge in [-0.05, 0) is 30.5 Å². The third-order valence-corrected chi connectivity index (χ3v) is 4.27. The van der Waals surface area contributed by atoms with Gasteiger partial charge in [-0.2, -0.15) is 5.26 Å². The fraction of sp³-hybridized carbons (Fsp3) is 0.211. The summed E-state index contributed by atoms with van der Waals surface area (Å²) in [6.07, 6.45) is 2.07. The first-order valence-electron chi connectivity index (χ1n) is 7.70. The Labute approximate surface area is 151 Å². The number of anilines is 1. The summed E-state index contributed by atoms with van der Waals surface area (Å²) in [5.41, 5.74) is 1.11. The van der Waals surface area contributed by atoms with Crippen molar-refractivity contribution >= 4 is 29.3 Å². The first-order chi connectivity index (χ1) is 12.2. The van der Waals surface area contributed by atoms with Crippen LogP contribution in [-0.2, 0) is 9.53 Å². The number of thioether (sulfide) groups is 1. The molecule has 2 aromatic rings. The Morgan fingerprint density at radius 3 is 2.48 bits per heavy atom. The predicted octanol–water partition coefficient (Wildman–Crippen LogP) is 3.51. The van der Waals surface area contributed by atoms with Crippen LogP contribution in [0.2, 0.25) is 0 Å². The molecular weight excluding hydrogens is 336 g/mol. The van der Waals surface area contributed by atoms with Crippen molar-refractivity contribution in [3.63, 3.8) is 0 Å². The minimum Gasteiger partial charge on any atom is -0.452 e. The standard InChI is InChI=1S/C19H18N2O3S/c1-25-17-11-6-5-10-16(17)19(23)24-14-18(22)21(13-7-12-20)15-8-3-2-4-9-15/h2-6,8-11H,7,13-14H2,1H3. The summed E-state index contributed by atoms with van der Waals surface area (Å²) in [7, 11) is 0. The van der Waals surface area contributed by atoms with Gasteiger partial charge in [0.2, 0.25) is 0 Å². The molecule has 0 fully saturated rings. The van der Waals surface area contributed by atoms with Gasteiger partial charge < -0.3 is 9.64 Å². The highest BCUT2D eigenvalue weighted by atomic mass is 32.2. The third kappa shape index (κ3) is 5.10. The van der Waals surface area contributed by atoms with Crippen molar-refractivity contribution in [3.05, 3.63) is 60.2 Å². The normalized spacial score (nSPS) is 9.92. The SMILES string of the molecule is CSc1ccccc1C(=O)OCC(=O)N(CCC#N)c1ccccc1. The van der Waals surface area contributed by atoms with E-state index in [1.165, 1.54) is 16.7 Å². The molecule has 0 bridgehead atoms. The molecule has 6 heteroatoms. The Balaban J connectivity index is 2.06. The summed E-state index contributed by atoms with van der Waals surface area (Å²) < 4.78 is 5.19. The largest absolute Gasteiger partial charge is 0.452 e. The summed E-state index contributed by atoms with van der Waals surface area (Å²) in [6.45, 7) is -0.125. The second-order valence-corrected chi connectivity index (χ2v) is 5.91. The highest BCUT2D eigenvalue weighted by Crippen LogP contribution is 2.21. The molecule has 0 aliphatic carbocycles. The first-order valence-corrected chi connectivity index (χ1v) is 8.92. The van der Waals surface area contributed by atoms with Crippen molar-refractivity contribution in [1.29, 1.82) is 5.26 Å². The fourth-order valence-electron chi connectivity index (χ4n) is 2.26. The van der Waals surface area contributed by atoms with Gasteiger partial charge in [0.25, 0.3) is 5.91 Å². The van der Waals surface area contributed by atoms with E-state index < -0.39 is 5.97 Å². The smallest absolute Gasteiger partial charge is 0.339 e. The summed E-state index contributed by atoms with van der Waals surface area (Å²) in [5.74, 6) is -0.900. The molecule has 25 heavy (non-hydrogen) atoms. The van der Waals surface area contributed by atoms with Gasteiger partial charge in [0.15, 0.2) is 6.61 Å². The summed E-state index contributed by atoms with van der Waals surface area (Å²) in [4.78, 5) is 27.0. The number of hydrogen-bond donors (Lipinski definition) is 0. The molecule has 1 amide bonds. The zero-order valence-electron chi connectivity index (χ0n) is 13.8. The number of ether oxygens (including phenoxy) is 1. The van der Waals surface area contributed by atoms with Gasteiger partial charge in [-0.3, -0.25) is 4.79 Å². The Morgan fingerprint density at radius 2 is 1.80 bits per heavy atom. The predicted molar refractivity (Wildman–Crippen MR) is 97.5 cm³/mol. The maximum absolute atomic E-state index is 12.5. The Morgan fingerprint density at radius 1 is 1.12 bits per heavy atom. The maximum atomic E-state index is 12.5. The molecule has 2 rings (SSSR count). The van der Waals surface area contributed by atoms with Gasteiger partial charge >= 0.3 is 5.97 Å². The average Bonchev–Trinajstić information content (AvgIpc) is 2.67. The lowest BCUT2D eigenvalue weighted by molar-refractivity contribution is -0.121. The molecule has 0 saturated carbocycles. The van der Waals surface area contributed by atoms with Gasteiger partial charge in [-0.15, -0.1) is 11.8 Å². The number of nitrogens with zero attached hydrogens (tertiary/aromatic N) is 2. The van der Waals surface area contributed by atoms with E-state index in [4.69, 9.17) is 10.00 Å². The number of rotatable bonds is 7. The number of carbonyl (C=O) groups excluding carboxylic acids is 2. The van der Waals surface area contributed by atoms with Crippen LogP contribution in [0.5, 0.6) is 0 Å². The van der Waals surface area contributed by atoms with Gasteiger partial charge in [-0.25, -0.2) is 4.79 Å². The molecule has 5 nitrogen and oxygen atoms in total. The minimum atomic E-state index is -0.536. The van der Waals surface area contributed by atoms with E-state index in [2.05, 4.69) is 0 Å². The van der Waals surface area contributed by atoms with E-state index in [9.17, 15) is 9.59 Å². The van der Waals surface area contributed by atoms with Crippen molar-refractivity contribution < 1.29 is 14.3 Å². The lowest BCUT2D eigenvalue weighted by Crippen LogP contribution is -2.35. The average molecular weight is 354 g/mol. The Kier molecular flexibility index (Phi) is 7.05. The number of amides is 1. The van der Waals surface area contributed by atoms with Crippen LogP contribution in [0.4, 0.5) is 5.69 Å². The van der Waals surface area contributed by atoms with E-state index in [-0.39, 0.29) is 25.5 Å². The van der Waals surface area contributed by atoms with Crippen LogP contribution in [0.1, 0.15) is 16.8 Å². The van der Waals surface area contributed by atoms with E-state index in [0.717, 1.165) is 4.90 Å². The van der Waals surface area contributed by atoms with Crippen LogP contribution in [0, 0.1) is 11.3 Å². The third-order valence-electron chi connectivity index (χ3n) is 3.47. The molecule has 0 heterocycles. The number of nitriles is 1. The fourth-order valence-corrected chi connectivity index (χ4v) is 2.85. The van der Waals surface area contributed by atoms with Crippen LogP contribution in [0.15, 0.2) is 59.5 Å². The van der Waals surface area contributed by atoms with Crippen LogP contribution < -0.4 is 4.90 Å². The molecule has 0 unspecified atom stereocenters. The second-order valence-electron chi connectivity index (χ2n) is 5.07. The molecule has 0 N–H and O–H groups in total. The maximum Gasteiger partial charge on any atom is 0.339 e. The van der Waals surface area contributed by atoms with Crippen molar-refractivity contribution in [2.45, 2.75) is 11.3 Å². The van der Waals surface area contributed by atoms with Gasteiger partial charge in [0.05, 0.1) is 18.1 Å². The van der Waals surface area contributed by atoms with Crippen LogP contribution in [-0.4, -0.2) is 31.3 Å². The molecule has 0 spiro atoms.